The van der Waals surface area contributed by atoms with Crippen LogP contribution in [0.5, 0.6) is 0 Å². The minimum Gasteiger partial charge on any atom is -0.317 e. The van der Waals surface area contributed by atoms with Crippen molar-refractivity contribution in [3.63, 3.8) is 0 Å². The van der Waals surface area contributed by atoms with Crippen LogP contribution in [0.25, 0.3) is 15.8 Å². The Morgan fingerprint density at radius 3 is 3.05 bits per heavy atom. The first-order valence-corrected chi connectivity index (χ1v) is 7.77. The molecule has 0 fully saturated rings. The molecule has 1 aromatic heterocycles. The van der Waals surface area contributed by atoms with E-state index < -0.39 is 0 Å². The summed E-state index contributed by atoms with van der Waals surface area (Å²) in [5, 5.41) is 5.30. The number of rotatable bonds is 1. The van der Waals surface area contributed by atoms with E-state index >= 15 is 0 Å². The zero-order valence-corrected chi connectivity index (χ0v) is 13.9. The van der Waals surface area contributed by atoms with Gasteiger partial charge in [0.05, 0.1) is 17.1 Å². The van der Waals surface area contributed by atoms with Gasteiger partial charge >= 0.3 is 0 Å². The van der Waals surface area contributed by atoms with Crippen LogP contribution < -0.4 is 0 Å². The number of thioether (sulfide) groups is 1. The molecule has 0 saturated heterocycles. The molecule has 0 aliphatic carbocycles. The van der Waals surface area contributed by atoms with Crippen molar-refractivity contribution in [1.82, 2.24) is 4.90 Å². The summed E-state index contributed by atoms with van der Waals surface area (Å²) in [5.41, 5.74) is 1.27. The van der Waals surface area contributed by atoms with Crippen LogP contribution in [-0.2, 0) is 0 Å². The maximum Gasteiger partial charge on any atom is 0.168 e. The number of halogens is 2. The van der Waals surface area contributed by atoms with Crippen molar-refractivity contribution in [3.05, 3.63) is 39.6 Å². The van der Waals surface area contributed by atoms with Crippen LogP contribution in [0.3, 0.4) is 0 Å². The van der Waals surface area contributed by atoms with Crippen molar-refractivity contribution >= 4 is 72.6 Å². The normalized spacial score (nSPS) is 17.2. The largest absolute Gasteiger partial charge is 0.317 e. The molecule has 1 aromatic carbocycles. The third kappa shape index (κ3) is 2.13. The van der Waals surface area contributed by atoms with Crippen LogP contribution in [0.1, 0.15) is 4.88 Å². The zero-order chi connectivity index (χ0) is 12.1. The summed E-state index contributed by atoms with van der Waals surface area (Å²) in [6, 6.07) is 8.26. The van der Waals surface area contributed by atoms with Gasteiger partial charge in [-0.05, 0) is 18.2 Å². The Labute approximate surface area is 134 Å². The van der Waals surface area contributed by atoms with E-state index in [0.29, 0.717) is 0 Å². The van der Waals surface area contributed by atoms with Crippen molar-refractivity contribution in [2.75, 3.05) is 13.1 Å². The minimum atomic E-state index is 0. The lowest BCUT2D eigenvalue weighted by Gasteiger charge is -2.14. The van der Waals surface area contributed by atoms with Gasteiger partial charge in [0.15, 0.2) is 5.17 Å². The van der Waals surface area contributed by atoms with Crippen LogP contribution in [-0.4, -0.2) is 23.2 Å². The second kappa shape index (κ2) is 5.13. The highest BCUT2D eigenvalue weighted by atomic mass is 79.9. The maximum absolute atomic E-state index is 6.23. The van der Waals surface area contributed by atoms with Gasteiger partial charge in [-0.2, -0.15) is 0 Å². The molecule has 0 spiro atoms. The first-order chi connectivity index (χ1) is 8.83. The molecule has 0 amide bonds. The molecule has 0 unspecified atom stereocenters. The van der Waals surface area contributed by atoms with Crippen molar-refractivity contribution in [2.45, 2.75) is 0 Å². The van der Waals surface area contributed by atoms with E-state index in [1.807, 2.05) is 12.1 Å². The van der Waals surface area contributed by atoms with Gasteiger partial charge < -0.3 is 4.90 Å². The number of fused-ring (bicyclic) bond motifs is 2. The fraction of sp³-hybridized carbons (Fsp3) is 0.154. The second-order valence-corrected chi connectivity index (χ2v) is 6.53. The van der Waals surface area contributed by atoms with Gasteiger partial charge in [0.1, 0.15) is 0 Å². The molecule has 98 valence electrons. The van der Waals surface area contributed by atoms with Gasteiger partial charge in [0.2, 0.25) is 0 Å². The summed E-state index contributed by atoms with van der Waals surface area (Å²) < 4.78 is 1.24. The second-order valence-electron chi connectivity index (χ2n) is 4.20. The topological polar surface area (TPSA) is 15.6 Å². The average Bonchev–Trinajstić information content (AvgIpc) is 3.02. The molecule has 2 aliphatic heterocycles. The van der Waals surface area contributed by atoms with Crippen LogP contribution in [0.4, 0.5) is 0 Å². The Kier molecular flexibility index (Phi) is 3.64. The first kappa shape index (κ1) is 13.5. The quantitative estimate of drug-likeness (QED) is 0.710. The summed E-state index contributed by atoms with van der Waals surface area (Å²) in [5.74, 6) is 0. The molecule has 2 aliphatic rings. The first-order valence-electron chi connectivity index (χ1n) is 5.70. The van der Waals surface area contributed by atoms with E-state index in [0.717, 1.165) is 28.7 Å². The highest BCUT2D eigenvalue weighted by Gasteiger charge is 2.28. The Hall–Kier alpha value is -0.490. The summed E-state index contributed by atoms with van der Waals surface area (Å²) in [6.07, 6.45) is 0. The number of benzene rings is 1. The Morgan fingerprint density at radius 2 is 2.21 bits per heavy atom. The SMILES string of the molecule is Br.Clc1cccc2sc(C3=CSC4=NCCN34)cc12. The van der Waals surface area contributed by atoms with E-state index in [9.17, 15) is 0 Å². The molecule has 0 atom stereocenters. The standard InChI is InChI=1S/C13H9ClN2S2.BrH/c14-9-2-1-3-11-8(9)6-12(18-11)10-7-17-13-15-4-5-16(10)13;/h1-3,6-7H,4-5H2;1H. The lowest BCUT2D eigenvalue weighted by Crippen LogP contribution is -2.19. The number of hydrogen-bond donors (Lipinski definition) is 0. The van der Waals surface area contributed by atoms with Crippen LogP contribution in [0, 0.1) is 0 Å². The molecular formula is C13H10BrClN2S2. The summed E-state index contributed by atoms with van der Waals surface area (Å²) in [7, 11) is 0. The number of thiophene rings is 1. The Bertz CT molecular complexity index is 708. The van der Waals surface area contributed by atoms with Crippen molar-refractivity contribution in [1.29, 1.82) is 0 Å². The van der Waals surface area contributed by atoms with Crippen LogP contribution in [0.2, 0.25) is 5.02 Å². The number of aliphatic imine (C=N–C) groups is 1. The molecule has 3 heterocycles. The van der Waals surface area contributed by atoms with Crippen molar-refractivity contribution < 1.29 is 0 Å². The third-order valence-corrected chi connectivity index (χ3v) is 5.48. The van der Waals surface area contributed by atoms with Gasteiger partial charge in [0, 0.05) is 27.1 Å². The van der Waals surface area contributed by atoms with Crippen LogP contribution >= 0.6 is 51.7 Å². The number of hydrogen-bond acceptors (Lipinski definition) is 4. The molecule has 0 saturated carbocycles. The highest BCUT2D eigenvalue weighted by Crippen LogP contribution is 2.41. The molecule has 0 radical (unpaired) electrons. The highest BCUT2D eigenvalue weighted by molar-refractivity contribution is 8.93. The summed E-state index contributed by atoms with van der Waals surface area (Å²) >= 11 is 9.75. The maximum atomic E-state index is 6.23. The molecule has 0 bridgehead atoms. The van der Waals surface area contributed by atoms with E-state index in [-0.39, 0.29) is 17.0 Å². The van der Waals surface area contributed by atoms with E-state index in [4.69, 9.17) is 11.6 Å². The summed E-state index contributed by atoms with van der Waals surface area (Å²) in [4.78, 5) is 8.05. The van der Waals surface area contributed by atoms with Crippen molar-refractivity contribution in [2.24, 2.45) is 4.99 Å². The van der Waals surface area contributed by atoms with E-state index in [1.165, 1.54) is 15.3 Å². The van der Waals surface area contributed by atoms with E-state index in [2.05, 4.69) is 27.4 Å². The number of nitrogens with zero attached hydrogens (tertiary/aromatic N) is 2. The Morgan fingerprint density at radius 1 is 1.32 bits per heavy atom. The van der Waals surface area contributed by atoms with Gasteiger partial charge in [-0.1, -0.05) is 29.4 Å². The van der Waals surface area contributed by atoms with Crippen LogP contribution in [0.15, 0.2) is 34.7 Å². The predicted octanol–water partition coefficient (Wildman–Crippen LogP) is 4.85. The van der Waals surface area contributed by atoms with Crippen molar-refractivity contribution in [3.8, 4) is 0 Å². The molecule has 4 rings (SSSR count). The summed E-state index contributed by atoms with van der Waals surface area (Å²) in [6.45, 7) is 1.90. The monoisotopic (exact) mass is 372 g/mol. The van der Waals surface area contributed by atoms with Gasteiger partial charge in [-0.25, -0.2) is 0 Å². The van der Waals surface area contributed by atoms with E-state index in [1.54, 1.807) is 23.1 Å². The fourth-order valence-electron chi connectivity index (χ4n) is 2.27. The number of amidine groups is 1. The van der Waals surface area contributed by atoms with Gasteiger partial charge in [-0.3, -0.25) is 4.99 Å². The fourth-order valence-corrected chi connectivity index (χ4v) is 4.69. The molecule has 19 heavy (non-hydrogen) atoms. The Balaban J connectivity index is 0.00000110. The minimum absolute atomic E-state index is 0. The third-order valence-electron chi connectivity index (χ3n) is 3.13. The lowest BCUT2D eigenvalue weighted by atomic mass is 10.2. The van der Waals surface area contributed by atoms with Gasteiger partial charge in [0.25, 0.3) is 0 Å². The molecule has 0 N–H and O–H groups in total. The smallest absolute Gasteiger partial charge is 0.168 e. The van der Waals surface area contributed by atoms with Gasteiger partial charge in [-0.15, -0.1) is 28.3 Å². The average molecular weight is 374 g/mol. The molecule has 2 aromatic rings. The molecular weight excluding hydrogens is 364 g/mol. The predicted molar refractivity (Wildman–Crippen MR) is 91.7 cm³/mol. The molecule has 2 nitrogen and oxygen atoms in total. The lowest BCUT2D eigenvalue weighted by molar-refractivity contribution is 0.652. The molecule has 6 heteroatoms. The zero-order valence-electron chi connectivity index (χ0n) is 9.80.